The van der Waals surface area contributed by atoms with Gasteiger partial charge in [0.05, 0.1) is 15.5 Å². The quantitative estimate of drug-likeness (QED) is 0.864. The maximum atomic E-state index is 12.3. The van der Waals surface area contributed by atoms with Crippen molar-refractivity contribution in [3.8, 4) is 0 Å². The number of aryl methyl sites for hydroxylation is 1. The van der Waals surface area contributed by atoms with Crippen molar-refractivity contribution in [3.63, 3.8) is 0 Å². The molecule has 1 N–H and O–H groups in total. The van der Waals surface area contributed by atoms with Crippen LogP contribution in [0.3, 0.4) is 0 Å². The van der Waals surface area contributed by atoms with E-state index in [2.05, 4.69) is 4.72 Å². The summed E-state index contributed by atoms with van der Waals surface area (Å²) in [6.45, 7) is 3.66. The van der Waals surface area contributed by atoms with Crippen LogP contribution in [0.15, 0.2) is 58.3 Å². The van der Waals surface area contributed by atoms with E-state index in [4.69, 9.17) is 0 Å². The molecule has 0 aliphatic carbocycles. The molecule has 0 aliphatic rings. The highest BCUT2D eigenvalue weighted by Gasteiger charge is 2.16. The number of benzene rings is 2. The average molecular weight is 353 g/mol. The molecule has 124 valence electrons. The van der Waals surface area contributed by atoms with E-state index >= 15 is 0 Å². The number of sulfonamides is 1. The van der Waals surface area contributed by atoms with E-state index in [0.717, 1.165) is 11.1 Å². The molecule has 0 bridgehead atoms. The highest BCUT2D eigenvalue weighted by atomic mass is 32.2. The highest BCUT2D eigenvalue weighted by molar-refractivity contribution is 7.91. The maximum absolute atomic E-state index is 12.3. The predicted molar refractivity (Wildman–Crippen MR) is 89.4 cm³/mol. The number of hydrogen-bond acceptors (Lipinski definition) is 4. The van der Waals surface area contributed by atoms with Gasteiger partial charge in [-0.1, -0.05) is 36.8 Å². The van der Waals surface area contributed by atoms with Crippen LogP contribution < -0.4 is 4.72 Å². The Morgan fingerprint density at radius 3 is 2.09 bits per heavy atom. The number of nitrogens with one attached hydrogen (secondary N) is 1. The Hall–Kier alpha value is -1.70. The van der Waals surface area contributed by atoms with E-state index in [1.54, 1.807) is 6.92 Å². The van der Waals surface area contributed by atoms with Gasteiger partial charge in [-0.2, -0.15) is 0 Å². The molecular weight excluding hydrogens is 334 g/mol. The lowest BCUT2D eigenvalue weighted by atomic mass is 10.1. The van der Waals surface area contributed by atoms with Gasteiger partial charge in [-0.15, -0.1) is 0 Å². The normalized spacial score (nSPS) is 12.3. The van der Waals surface area contributed by atoms with E-state index in [1.165, 1.54) is 24.3 Å². The molecule has 0 heterocycles. The van der Waals surface area contributed by atoms with Gasteiger partial charge in [0.1, 0.15) is 0 Å². The Morgan fingerprint density at radius 2 is 1.52 bits per heavy atom. The SMILES string of the molecule is CCS(=O)(=O)c1ccc(S(=O)(=O)NCc2cccc(C)c2)cc1. The molecule has 0 spiro atoms. The number of rotatable bonds is 6. The smallest absolute Gasteiger partial charge is 0.224 e. The summed E-state index contributed by atoms with van der Waals surface area (Å²) in [5, 5.41) is 0. The second-order valence-electron chi connectivity index (χ2n) is 5.19. The first kappa shape index (κ1) is 17.7. The largest absolute Gasteiger partial charge is 0.240 e. The molecule has 2 aromatic rings. The van der Waals surface area contributed by atoms with Gasteiger partial charge in [0.2, 0.25) is 10.0 Å². The Kier molecular flexibility index (Phi) is 5.23. The van der Waals surface area contributed by atoms with Crippen LogP contribution in [-0.2, 0) is 26.4 Å². The third-order valence-corrected chi connectivity index (χ3v) is 6.59. The Labute approximate surface area is 137 Å². The van der Waals surface area contributed by atoms with Gasteiger partial charge in [0, 0.05) is 6.54 Å². The molecule has 2 aromatic carbocycles. The minimum absolute atomic E-state index is 0.0231. The van der Waals surface area contributed by atoms with Crippen molar-refractivity contribution in [1.82, 2.24) is 4.72 Å². The van der Waals surface area contributed by atoms with Crippen LogP contribution in [0.5, 0.6) is 0 Å². The van der Waals surface area contributed by atoms with Crippen LogP contribution in [0, 0.1) is 6.92 Å². The first-order chi connectivity index (χ1) is 10.7. The zero-order chi connectivity index (χ0) is 17.1. The van der Waals surface area contributed by atoms with Crippen LogP contribution >= 0.6 is 0 Å². The molecule has 0 radical (unpaired) electrons. The molecule has 0 amide bonds. The third-order valence-electron chi connectivity index (χ3n) is 3.42. The summed E-state index contributed by atoms with van der Waals surface area (Å²) in [5.74, 6) is -0.0231. The summed E-state index contributed by atoms with van der Waals surface area (Å²) in [5.41, 5.74) is 1.91. The van der Waals surface area contributed by atoms with E-state index in [1.807, 2.05) is 31.2 Å². The fourth-order valence-electron chi connectivity index (χ4n) is 2.08. The highest BCUT2D eigenvalue weighted by Crippen LogP contribution is 2.16. The maximum Gasteiger partial charge on any atom is 0.240 e. The van der Waals surface area contributed by atoms with Crippen molar-refractivity contribution in [2.75, 3.05) is 5.75 Å². The first-order valence-electron chi connectivity index (χ1n) is 7.12. The van der Waals surface area contributed by atoms with Gasteiger partial charge in [-0.3, -0.25) is 0 Å². The summed E-state index contributed by atoms with van der Waals surface area (Å²) in [6.07, 6.45) is 0. The van der Waals surface area contributed by atoms with Gasteiger partial charge >= 0.3 is 0 Å². The monoisotopic (exact) mass is 353 g/mol. The van der Waals surface area contributed by atoms with Crippen LogP contribution in [-0.4, -0.2) is 22.6 Å². The first-order valence-corrected chi connectivity index (χ1v) is 10.3. The van der Waals surface area contributed by atoms with Gasteiger partial charge in [0.15, 0.2) is 9.84 Å². The molecule has 0 fully saturated rings. The minimum atomic E-state index is -3.69. The summed E-state index contributed by atoms with van der Waals surface area (Å²) in [4.78, 5) is 0.165. The average Bonchev–Trinajstić information content (AvgIpc) is 2.53. The summed E-state index contributed by atoms with van der Waals surface area (Å²) < 4.78 is 50.5. The predicted octanol–water partition coefficient (Wildman–Crippen LogP) is 2.27. The molecule has 0 aromatic heterocycles. The zero-order valence-electron chi connectivity index (χ0n) is 13.0. The van der Waals surface area contributed by atoms with E-state index in [0.29, 0.717) is 0 Å². The van der Waals surface area contributed by atoms with E-state index in [-0.39, 0.29) is 22.1 Å². The van der Waals surface area contributed by atoms with Gasteiger partial charge in [-0.25, -0.2) is 21.6 Å². The molecule has 0 saturated heterocycles. The minimum Gasteiger partial charge on any atom is -0.224 e. The van der Waals surface area contributed by atoms with Gasteiger partial charge < -0.3 is 0 Å². The van der Waals surface area contributed by atoms with Gasteiger partial charge in [-0.05, 0) is 36.8 Å². The van der Waals surface area contributed by atoms with Crippen molar-refractivity contribution < 1.29 is 16.8 Å². The van der Waals surface area contributed by atoms with Crippen molar-refractivity contribution in [2.45, 2.75) is 30.2 Å². The molecule has 0 saturated carbocycles. The molecule has 0 aliphatic heterocycles. The molecule has 2 rings (SSSR count). The van der Waals surface area contributed by atoms with Crippen LogP contribution in [0.2, 0.25) is 0 Å². The van der Waals surface area contributed by atoms with Crippen LogP contribution in [0.25, 0.3) is 0 Å². The second-order valence-corrected chi connectivity index (χ2v) is 9.23. The lowest BCUT2D eigenvalue weighted by Crippen LogP contribution is -2.23. The van der Waals surface area contributed by atoms with Crippen molar-refractivity contribution in [2.24, 2.45) is 0 Å². The molecule has 0 atom stereocenters. The number of sulfone groups is 1. The summed E-state index contributed by atoms with van der Waals surface area (Å²) in [7, 11) is -7.02. The Morgan fingerprint density at radius 1 is 0.913 bits per heavy atom. The number of hydrogen-bond donors (Lipinski definition) is 1. The van der Waals surface area contributed by atoms with Crippen molar-refractivity contribution in [1.29, 1.82) is 0 Å². The molecule has 23 heavy (non-hydrogen) atoms. The fourth-order valence-corrected chi connectivity index (χ4v) is 3.98. The molecule has 7 heteroatoms. The lowest BCUT2D eigenvalue weighted by Gasteiger charge is -2.08. The van der Waals surface area contributed by atoms with Crippen LogP contribution in [0.4, 0.5) is 0 Å². The van der Waals surface area contributed by atoms with E-state index < -0.39 is 19.9 Å². The lowest BCUT2D eigenvalue weighted by molar-refractivity contribution is 0.580. The van der Waals surface area contributed by atoms with Crippen LogP contribution in [0.1, 0.15) is 18.1 Å². The Balaban J connectivity index is 2.17. The molecule has 5 nitrogen and oxygen atoms in total. The van der Waals surface area contributed by atoms with E-state index in [9.17, 15) is 16.8 Å². The Bertz CT molecular complexity index is 886. The standard InChI is InChI=1S/C16H19NO4S2/c1-3-22(18,19)15-7-9-16(10-8-15)23(20,21)17-12-14-6-4-5-13(2)11-14/h4-11,17H,3,12H2,1-2H3. The zero-order valence-corrected chi connectivity index (χ0v) is 14.6. The second kappa shape index (κ2) is 6.82. The van der Waals surface area contributed by atoms with Crippen molar-refractivity contribution >= 4 is 19.9 Å². The third kappa shape index (κ3) is 4.40. The fraction of sp³-hybridized carbons (Fsp3) is 0.250. The summed E-state index contributed by atoms with van der Waals surface area (Å²) >= 11 is 0. The van der Waals surface area contributed by atoms with Gasteiger partial charge in [0.25, 0.3) is 0 Å². The molecular formula is C16H19NO4S2. The molecule has 0 unspecified atom stereocenters. The summed E-state index contributed by atoms with van der Waals surface area (Å²) in [6, 6.07) is 12.8. The topological polar surface area (TPSA) is 80.3 Å². The van der Waals surface area contributed by atoms with Crippen molar-refractivity contribution in [3.05, 3.63) is 59.7 Å².